The van der Waals surface area contributed by atoms with Crippen molar-refractivity contribution >= 4 is 32.6 Å². The van der Waals surface area contributed by atoms with Gasteiger partial charge >= 0.3 is 0 Å². The Labute approximate surface area is 152 Å². The third-order valence-electron chi connectivity index (χ3n) is 6.18. The van der Waals surface area contributed by atoms with Crippen LogP contribution in [0.3, 0.4) is 0 Å². The maximum atomic E-state index is 3.72. The first kappa shape index (κ1) is 14.1. The summed E-state index contributed by atoms with van der Waals surface area (Å²) in [4.78, 5) is 3.72. The van der Waals surface area contributed by atoms with Gasteiger partial charge in [-0.15, -0.1) is 0 Å². The van der Waals surface area contributed by atoms with Crippen LogP contribution in [0.15, 0.2) is 72.8 Å². The lowest BCUT2D eigenvalue weighted by atomic mass is 9.80. The van der Waals surface area contributed by atoms with Crippen molar-refractivity contribution in [3.63, 3.8) is 0 Å². The number of hydrogen-bond acceptors (Lipinski definition) is 0. The molecule has 1 aromatic heterocycles. The van der Waals surface area contributed by atoms with Crippen molar-refractivity contribution in [3.05, 3.63) is 83.9 Å². The Balaban J connectivity index is 1.87. The number of rotatable bonds is 0. The zero-order valence-corrected chi connectivity index (χ0v) is 14.9. The Hall–Kier alpha value is -3.06. The van der Waals surface area contributed by atoms with Crippen molar-refractivity contribution in [1.82, 2.24) is 4.98 Å². The van der Waals surface area contributed by atoms with Gasteiger partial charge < -0.3 is 4.98 Å². The van der Waals surface area contributed by atoms with Crippen LogP contribution >= 0.6 is 0 Å². The van der Waals surface area contributed by atoms with E-state index in [1.807, 2.05) is 0 Å². The zero-order chi connectivity index (χ0) is 17.5. The van der Waals surface area contributed by atoms with Gasteiger partial charge in [-0.3, -0.25) is 0 Å². The Kier molecular flexibility index (Phi) is 2.48. The largest absolute Gasteiger partial charge is 0.354 e. The molecule has 0 aliphatic heterocycles. The monoisotopic (exact) mass is 333 g/mol. The molecule has 1 aliphatic carbocycles. The van der Waals surface area contributed by atoms with Gasteiger partial charge in [0.25, 0.3) is 0 Å². The highest BCUT2D eigenvalue weighted by Gasteiger charge is 2.37. The molecule has 0 radical (unpaired) electrons. The number of aromatic amines is 1. The van der Waals surface area contributed by atoms with Crippen LogP contribution in [0.5, 0.6) is 0 Å². The molecule has 0 saturated carbocycles. The molecule has 1 nitrogen and oxygen atoms in total. The van der Waals surface area contributed by atoms with Crippen molar-refractivity contribution in [2.75, 3.05) is 0 Å². The first-order chi connectivity index (χ1) is 12.7. The number of fused-ring (bicyclic) bond motifs is 9. The summed E-state index contributed by atoms with van der Waals surface area (Å²) in [5.74, 6) is 0. The van der Waals surface area contributed by atoms with Gasteiger partial charge in [-0.2, -0.15) is 0 Å². The van der Waals surface area contributed by atoms with E-state index in [0.29, 0.717) is 0 Å². The van der Waals surface area contributed by atoms with E-state index in [1.54, 1.807) is 0 Å². The van der Waals surface area contributed by atoms with Gasteiger partial charge in [-0.1, -0.05) is 80.6 Å². The molecule has 26 heavy (non-hydrogen) atoms. The van der Waals surface area contributed by atoms with E-state index in [4.69, 9.17) is 0 Å². The summed E-state index contributed by atoms with van der Waals surface area (Å²) in [5.41, 5.74) is 8.11. The van der Waals surface area contributed by atoms with Crippen LogP contribution < -0.4 is 0 Å². The zero-order valence-electron chi connectivity index (χ0n) is 14.9. The van der Waals surface area contributed by atoms with Crippen LogP contribution in [0, 0.1) is 0 Å². The molecule has 5 aromatic rings. The number of hydrogen-bond donors (Lipinski definition) is 1. The molecule has 0 unspecified atom stereocenters. The van der Waals surface area contributed by atoms with Crippen LogP contribution in [-0.2, 0) is 5.41 Å². The fraction of sp³-hybridized carbons (Fsp3) is 0.120. The number of H-pyrrole nitrogens is 1. The van der Waals surface area contributed by atoms with Crippen molar-refractivity contribution < 1.29 is 0 Å². The SMILES string of the molecule is CC1(C)c2ccccc2-c2ccc3ccc4c5ccccc5[nH]c4c3c21. The molecule has 0 spiro atoms. The Morgan fingerprint density at radius 1 is 0.692 bits per heavy atom. The molecule has 6 rings (SSSR count). The summed E-state index contributed by atoms with van der Waals surface area (Å²) in [5, 5.41) is 5.30. The molecule has 0 atom stereocenters. The Bertz CT molecular complexity index is 1350. The molecule has 0 saturated heterocycles. The topological polar surface area (TPSA) is 15.8 Å². The predicted octanol–water partition coefficient (Wildman–Crippen LogP) is 6.78. The van der Waals surface area contributed by atoms with E-state index in [1.165, 1.54) is 54.8 Å². The van der Waals surface area contributed by atoms with Crippen molar-refractivity contribution in [2.45, 2.75) is 19.3 Å². The summed E-state index contributed by atoms with van der Waals surface area (Å²) >= 11 is 0. The van der Waals surface area contributed by atoms with Gasteiger partial charge in [0.05, 0.1) is 5.52 Å². The van der Waals surface area contributed by atoms with Crippen LogP contribution in [0.4, 0.5) is 0 Å². The summed E-state index contributed by atoms with van der Waals surface area (Å²) in [6.07, 6.45) is 0. The molecular formula is C25H19N. The quantitative estimate of drug-likeness (QED) is 0.321. The molecule has 0 bridgehead atoms. The van der Waals surface area contributed by atoms with E-state index >= 15 is 0 Å². The van der Waals surface area contributed by atoms with Crippen LogP contribution in [0.25, 0.3) is 43.7 Å². The summed E-state index contributed by atoms with van der Waals surface area (Å²) in [6, 6.07) is 26.6. The van der Waals surface area contributed by atoms with Crippen molar-refractivity contribution in [2.24, 2.45) is 0 Å². The highest BCUT2D eigenvalue weighted by molar-refractivity contribution is 6.19. The second kappa shape index (κ2) is 4.56. The van der Waals surface area contributed by atoms with E-state index in [9.17, 15) is 0 Å². The van der Waals surface area contributed by atoms with Gasteiger partial charge in [-0.05, 0) is 33.7 Å². The molecule has 1 N–H and O–H groups in total. The minimum atomic E-state index is -0.00296. The molecular weight excluding hydrogens is 314 g/mol. The lowest BCUT2D eigenvalue weighted by molar-refractivity contribution is 0.666. The average Bonchev–Trinajstić information content (AvgIpc) is 3.16. The molecule has 0 fully saturated rings. The second-order valence-electron chi connectivity index (χ2n) is 7.92. The highest BCUT2D eigenvalue weighted by atomic mass is 14.7. The summed E-state index contributed by atoms with van der Waals surface area (Å²) in [6.45, 7) is 4.72. The summed E-state index contributed by atoms with van der Waals surface area (Å²) < 4.78 is 0. The fourth-order valence-corrected chi connectivity index (χ4v) is 5.01. The minimum absolute atomic E-state index is 0.00296. The lowest BCUT2D eigenvalue weighted by Crippen LogP contribution is -2.15. The highest BCUT2D eigenvalue weighted by Crippen LogP contribution is 2.52. The van der Waals surface area contributed by atoms with Gasteiger partial charge in [0.1, 0.15) is 0 Å². The smallest absolute Gasteiger partial charge is 0.0547 e. The maximum absolute atomic E-state index is 3.72. The van der Waals surface area contributed by atoms with Crippen LogP contribution in [0.2, 0.25) is 0 Å². The number of aromatic nitrogens is 1. The molecule has 1 heteroatoms. The molecule has 0 amide bonds. The van der Waals surface area contributed by atoms with Gasteiger partial charge in [-0.25, -0.2) is 0 Å². The Morgan fingerprint density at radius 3 is 2.38 bits per heavy atom. The fourth-order valence-electron chi connectivity index (χ4n) is 5.01. The number of para-hydroxylation sites is 1. The van der Waals surface area contributed by atoms with Crippen molar-refractivity contribution in [3.8, 4) is 11.1 Å². The van der Waals surface area contributed by atoms with Crippen LogP contribution in [-0.4, -0.2) is 4.98 Å². The van der Waals surface area contributed by atoms with E-state index in [-0.39, 0.29) is 5.41 Å². The van der Waals surface area contributed by atoms with Gasteiger partial charge in [0.2, 0.25) is 0 Å². The van der Waals surface area contributed by atoms with E-state index in [0.717, 1.165) is 0 Å². The number of benzene rings is 4. The third kappa shape index (κ3) is 1.56. The molecule has 4 aromatic carbocycles. The van der Waals surface area contributed by atoms with E-state index < -0.39 is 0 Å². The maximum Gasteiger partial charge on any atom is 0.0547 e. The molecule has 1 heterocycles. The first-order valence-electron chi connectivity index (χ1n) is 9.23. The Morgan fingerprint density at radius 2 is 1.46 bits per heavy atom. The lowest BCUT2D eigenvalue weighted by Gasteiger charge is -2.23. The minimum Gasteiger partial charge on any atom is -0.354 e. The van der Waals surface area contributed by atoms with Gasteiger partial charge in [0.15, 0.2) is 0 Å². The van der Waals surface area contributed by atoms with Crippen LogP contribution in [0.1, 0.15) is 25.0 Å². The van der Waals surface area contributed by atoms with Gasteiger partial charge in [0, 0.05) is 27.1 Å². The second-order valence-corrected chi connectivity index (χ2v) is 7.92. The van der Waals surface area contributed by atoms with Crippen molar-refractivity contribution in [1.29, 1.82) is 0 Å². The van der Waals surface area contributed by atoms with E-state index in [2.05, 4.69) is 91.6 Å². The summed E-state index contributed by atoms with van der Waals surface area (Å²) in [7, 11) is 0. The molecule has 124 valence electrons. The normalized spacial score (nSPS) is 14.8. The number of nitrogens with one attached hydrogen (secondary N) is 1. The average molecular weight is 333 g/mol. The first-order valence-corrected chi connectivity index (χ1v) is 9.23. The predicted molar refractivity (Wildman–Crippen MR) is 111 cm³/mol. The molecule has 1 aliphatic rings. The third-order valence-corrected chi connectivity index (χ3v) is 6.18. The standard InChI is InChI=1S/C25H19N/c1-25(2)20-9-5-3-7-16(20)18-13-11-15-12-14-19-17-8-4-6-10-21(17)26-24(19)22(15)23(18)25/h3-14,26H,1-2H3.